The van der Waals surface area contributed by atoms with Crippen molar-refractivity contribution in [3.05, 3.63) is 18.2 Å². The van der Waals surface area contributed by atoms with Crippen LogP contribution < -0.4 is 5.32 Å². The summed E-state index contributed by atoms with van der Waals surface area (Å²) < 4.78 is 31.8. The zero-order chi connectivity index (χ0) is 13.0. The lowest BCUT2D eigenvalue weighted by atomic mass is 10.2. The van der Waals surface area contributed by atoms with Gasteiger partial charge in [0.25, 0.3) is 0 Å². The molecular weight excluding hydrogens is 242 g/mol. The number of nitrogens with one attached hydrogen (secondary N) is 1. The van der Waals surface area contributed by atoms with Gasteiger partial charge in [-0.25, -0.2) is 4.98 Å². The Hall–Kier alpha value is -1.05. The summed E-state index contributed by atoms with van der Waals surface area (Å²) in [5.74, 6) is 0.398. The van der Waals surface area contributed by atoms with Crippen molar-refractivity contribution in [3.8, 4) is 0 Å². The number of hydrogen-bond acceptors (Lipinski definition) is 4. The number of alkyl halides is 2. The van der Waals surface area contributed by atoms with Crippen LogP contribution in [0.2, 0.25) is 0 Å². The summed E-state index contributed by atoms with van der Waals surface area (Å²) in [5, 5.41) is 3.05. The van der Waals surface area contributed by atoms with E-state index >= 15 is 0 Å². The third-order valence-corrected chi connectivity index (χ3v) is 2.98. The molecule has 0 spiro atoms. The van der Waals surface area contributed by atoms with Gasteiger partial charge in [-0.2, -0.15) is 8.78 Å². The molecule has 0 aromatic carbocycles. The van der Waals surface area contributed by atoms with Crippen molar-refractivity contribution in [2.45, 2.75) is 19.2 Å². The number of halogens is 2. The van der Waals surface area contributed by atoms with E-state index < -0.39 is 6.55 Å². The lowest BCUT2D eigenvalue weighted by molar-refractivity contribution is -0.0314. The van der Waals surface area contributed by atoms with Crippen LogP contribution >= 0.6 is 0 Å². The highest BCUT2D eigenvalue weighted by Crippen LogP contribution is 2.15. The van der Waals surface area contributed by atoms with Gasteiger partial charge >= 0.3 is 6.55 Å². The van der Waals surface area contributed by atoms with E-state index in [9.17, 15) is 8.78 Å². The molecule has 18 heavy (non-hydrogen) atoms. The molecule has 1 aromatic heterocycles. The quantitative estimate of drug-likeness (QED) is 0.846. The first-order chi connectivity index (χ1) is 8.70. The Kier molecular flexibility index (Phi) is 4.62. The third-order valence-electron chi connectivity index (χ3n) is 2.98. The topological polar surface area (TPSA) is 42.3 Å². The molecule has 0 radical (unpaired) electrons. The monoisotopic (exact) mass is 260 g/mol. The zero-order valence-electron chi connectivity index (χ0n) is 10.4. The van der Waals surface area contributed by atoms with E-state index in [2.05, 4.69) is 15.2 Å². The Bertz CT molecular complexity index is 370. The van der Waals surface area contributed by atoms with Crippen molar-refractivity contribution in [2.75, 3.05) is 33.3 Å². The molecule has 1 atom stereocenters. The average molecular weight is 260 g/mol. The highest BCUT2D eigenvalue weighted by molar-refractivity contribution is 4.93. The third kappa shape index (κ3) is 3.24. The highest BCUT2D eigenvalue weighted by atomic mass is 19.3. The molecule has 1 N–H and O–H groups in total. The standard InChI is InChI=1S/C11H18F2N4O/c1-14-6-9-7-16(4-5-18-9)8-10-15-2-3-17(10)11(12)13/h2-3,9,11,14H,4-8H2,1H3. The normalized spacial score (nSPS) is 21.7. The molecule has 5 nitrogen and oxygen atoms in total. The molecule has 1 aromatic rings. The maximum atomic E-state index is 12.7. The van der Waals surface area contributed by atoms with E-state index in [4.69, 9.17) is 4.74 Å². The van der Waals surface area contributed by atoms with Crippen LogP contribution in [0.5, 0.6) is 0 Å². The Morgan fingerprint density at radius 3 is 3.17 bits per heavy atom. The van der Waals surface area contributed by atoms with E-state index in [1.54, 1.807) is 0 Å². The highest BCUT2D eigenvalue weighted by Gasteiger charge is 2.22. The minimum Gasteiger partial charge on any atom is -0.374 e. The second kappa shape index (κ2) is 6.21. The maximum absolute atomic E-state index is 12.7. The number of ether oxygens (including phenoxy) is 1. The summed E-state index contributed by atoms with van der Waals surface area (Å²) in [7, 11) is 1.87. The van der Waals surface area contributed by atoms with Gasteiger partial charge in [0, 0.05) is 32.0 Å². The first-order valence-corrected chi connectivity index (χ1v) is 5.99. The van der Waals surface area contributed by atoms with Crippen LogP contribution in [-0.2, 0) is 11.3 Å². The number of likely N-dealkylation sites (N-methyl/N-ethyl adjacent to an activating group) is 1. The summed E-state index contributed by atoms with van der Waals surface area (Å²) in [5.41, 5.74) is 0. The molecule has 0 aliphatic carbocycles. The number of aromatic nitrogens is 2. The van der Waals surface area contributed by atoms with Crippen molar-refractivity contribution in [2.24, 2.45) is 0 Å². The fourth-order valence-electron chi connectivity index (χ4n) is 2.12. The molecule has 1 aliphatic rings. The van der Waals surface area contributed by atoms with E-state index in [1.807, 2.05) is 7.05 Å². The van der Waals surface area contributed by atoms with Gasteiger partial charge in [-0.1, -0.05) is 0 Å². The molecular formula is C11H18F2N4O. The van der Waals surface area contributed by atoms with E-state index in [-0.39, 0.29) is 6.10 Å². The molecule has 1 aliphatic heterocycles. The second-order valence-corrected chi connectivity index (χ2v) is 4.31. The van der Waals surface area contributed by atoms with Crippen LogP contribution in [-0.4, -0.2) is 53.8 Å². The van der Waals surface area contributed by atoms with Crippen molar-refractivity contribution >= 4 is 0 Å². The van der Waals surface area contributed by atoms with Crippen molar-refractivity contribution < 1.29 is 13.5 Å². The summed E-state index contributed by atoms with van der Waals surface area (Å²) >= 11 is 0. The molecule has 102 valence electrons. The van der Waals surface area contributed by atoms with E-state index in [0.717, 1.165) is 24.2 Å². The number of hydrogen-bond donors (Lipinski definition) is 1. The fraction of sp³-hybridized carbons (Fsp3) is 0.727. The molecule has 1 unspecified atom stereocenters. The van der Waals surface area contributed by atoms with Crippen LogP contribution in [0.15, 0.2) is 12.4 Å². The van der Waals surface area contributed by atoms with Gasteiger partial charge in [-0.3, -0.25) is 9.47 Å². The zero-order valence-corrected chi connectivity index (χ0v) is 10.4. The van der Waals surface area contributed by atoms with E-state index in [0.29, 0.717) is 19.0 Å². The van der Waals surface area contributed by atoms with E-state index in [1.165, 1.54) is 12.4 Å². The summed E-state index contributed by atoms with van der Waals surface area (Å²) in [6, 6.07) is 0. The minimum absolute atomic E-state index is 0.110. The Balaban J connectivity index is 1.94. The smallest absolute Gasteiger partial charge is 0.319 e. The minimum atomic E-state index is -2.53. The predicted molar refractivity (Wildman–Crippen MR) is 62.4 cm³/mol. The van der Waals surface area contributed by atoms with Gasteiger partial charge in [-0.15, -0.1) is 0 Å². The number of imidazole rings is 1. The first-order valence-electron chi connectivity index (χ1n) is 5.99. The van der Waals surface area contributed by atoms with Crippen molar-refractivity contribution in [3.63, 3.8) is 0 Å². The largest absolute Gasteiger partial charge is 0.374 e. The van der Waals surface area contributed by atoms with Gasteiger partial charge in [0.1, 0.15) is 5.82 Å². The fourth-order valence-corrected chi connectivity index (χ4v) is 2.12. The van der Waals surface area contributed by atoms with Gasteiger partial charge in [0.2, 0.25) is 0 Å². The Morgan fingerprint density at radius 1 is 1.61 bits per heavy atom. The summed E-state index contributed by atoms with van der Waals surface area (Å²) in [6.07, 6.45) is 2.83. The van der Waals surface area contributed by atoms with Gasteiger partial charge in [-0.05, 0) is 7.05 Å². The molecule has 0 saturated carbocycles. The number of rotatable bonds is 5. The van der Waals surface area contributed by atoms with Crippen LogP contribution in [0.1, 0.15) is 12.4 Å². The number of morpholine rings is 1. The molecule has 2 rings (SSSR count). The van der Waals surface area contributed by atoms with Crippen molar-refractivity contribution in [1.29, 1.82) is 0 Å². The van der Waals surface area contributed by atoms with Crippen LogP contribution in [0.3, 0.4) is 0 Å². The van der Waals surface area contributed by atoms with Gasteiger partial charge < -0.3 is 10.1 Å². The average Bonchev–Trinajstić information content (AvgIpc) is 2.78. The lowest BCUT2D eigenvalue weighted by Crippen LogP contribution is -2.46. The maximum Gasteiger partial charge on any atom is 0.319 e. The predicted octanol–water partition coefficient (Wildman–Crippen LogP) is 0.698. The molecule has 2 heterocycles. The van der Waals surface area contributed by atoms with Crippen LogP contribution in [0.25, 0.3) is 0 Å². The summed E-state index contributed by atoms with van der Waals surface area (Å²) in [4.78, 5) is 6.08. The molecule has 7 heteroatoms. The van der Waals surface area contributed by atoms with Gasteiger partial charge in [0.05, 0.1) is 19.3 Å². The van der Waals surface area contributed by atoms with Crippen molar-refractivity contribution in [1.82, 2.24) is 19.8 Å². The van der Waals surface area contributed by atoms with Crippen LogP contribution in [0, 0.1) is 0 Å². The lowest BCUT2D eigenvalue weighted by Gasteiger charge is -2.32. The Morgan fingerprint density at radius 2 is 2.44 bits per heavy atom. The Labute approximate surface area is 105 Å². The summed E-state index contributed by atoms with van der Waals surface area (Å²) in [6.45, 7) is 0.770. The molecule has 1 saturated heterocycles. The van der Waals surface area contributed by atoms with Crippen LogP contribution in [0.4, 0.5) is 8.78 Å². The van der Waals surface area contributed by atoms with Gasteiger partial charge in [0.15, 0.2) is 0 Å². The number of nitrogens with zero attached hydrogens (tertiary/aromatic N) is 3. The molecule has 0 amide bonds. The SMILES string of the molecule is CNCC1CN(Cc2nccn2C(F)F)CCO1. The first kappa shape index (κ1) is 13.4. The molecule has 0 bridgehead atoms. The molecule has 1 fully saturated rings. The second-order valence-electron chi connectivity index (χ2n) is 4.31.